The molecule has 154 valence electrons. The fourth-order valence-corrected chi connectivity index (χ4v) is 2.38. The molecule has 0 fully saturated rings. The van der Waals surface area contributed by atoms with Gasteiger partial charge >= 0.3 is 12.1 Å². The highest BCUT2D eigenvalue weighted by Gasteiger charge is 2.25. The van der Waals surface area contributed by atoms with Gasteiger partial charge in [0.2, 0.25) is 5.91 Å². The normalized spacial score (nSPS) is 12.5. The first kappa shape index (κ1) is 21.8. The van der Waals surface area contributed by atoms with Crippen molar-refractivity contribution in [3.8, 4) is 0 Å². The first-order chi connectivity index (χ1) is 13.7. The van der Waals surface area contributed by atoms with Crippen molar-refractivity contribution >= 4 is 23.7 Å². The van der Waals surface area contributed by atoms with Gasteiger partial charge in [-0.3, -0.25) is 4.79 Å². The fraction of sp³-hybridized carbons (Fsp3) is 0.250. The smallest absolute Gasteiger partial charge is 0.408 e. The molecule has 0 radical (unpaired) electrons. The number of aliphatic carboxylic acids is 1. The highest BCUT2D eigenvalue weighted by Crippen LogP contribution is 2.12. The molecule has 0 bridgehead atoms. The zero-order chi connectivity index (χ0) is 21.4. The predicted molar refractivity (Wildman–Crippen MR) is 102 cm³/mol. The molecule has 29 heavy (non-hydrogen) atoms. The zero-order valence-electron chi connectivity index (χ0n) is 15.6. The Bertz CT molecular complexity index is 852. The molecule has 0 spiro atoms. The lowest BCUT2D eigenvalue weighted by atomic mass is 10.1. The molecule has 4 N–H and O–H groups in total. The number of aliphatic hydroxyl groups excluding tert-OH is 1. The third kappa shape index (κ3) is 7.23. The first-order valence-corrected chi connectivity index (χ1v) is 8.72. The van der Waals surface area contributed by atoms with Gasteiger partial charge in [0.05, 0.1) is 12.5 Å². The summed E-state index contributed by atoms with van der Waals surface area (Å²) in [6.45, 7) is 1.12. The summed E-state index contributed by atoms with van der Waals surface area (Å²) in [5.41, 5.74) is 1.82. The summed E-state index contributed by atoms with van der Waals surface area (Å²) in [7, 11) is 0. The van der Waals surface area contributed by atoms with Gasteiger partial charge in [0, 0.05) is 5.69 Å². The minimum absolute atomic E-state index is 0.0966. The summed E-state index contributed by atoms with van der Waals surface area (Å²) in [5, 5.41) is 23.0. The summed E-state index contributed by atoms with van der Waals surface area (Å²) < 4.78 is 17.8. The molecule has 0 aliphatic heterocycles. The monoisotopic (exact) mass is 404 g/mol. The Labute approximate surface area is 166 Å². The molecule has 1 unspecified atom stereocenters. The number of alkyl carbamates (subject to hydrolysis) is 1. The molecule has 2 aromatic carbocycles. The number of hydrogen-bond acceptors (Lipinski definition) is 5. The number of anilines is 1. The number of nitrogens with one attached hydrogen (secondary N) is 2. The molecule has 0 heterocycles. The number of carboxylic acid groups (broad SMARTS) is 1. The van der Waals surface area contributed by atoms with Gasteiger partial charge in [0.1, 0.15) is 12.4 Å². The number of ether oxygens (including phenoxy) is 1. The van der Waals surface area contributed by atoms with E-state index in [1.54, 1.807) is 24.3 Å². The van der Waals surface area contributed by atoms with Crippen molar-refractivity contribution in [1.82, 2.24) is 5.32 Å². The van der Waals surface area contributed by atoms with E-state index in [-0.39, 0.29) is 24.8 Å². The van der Waals surface area contributed by atoms with Gasteiger partial charge in [-0.05, 0) is 42.3 Å². The summed E-state index contributed by atoms with van der Waals surface area (Å²) in [4.78, 5) is 34.6. The van der Waals surface area contributed by atoms with E-state index in [2.05, 4.69) is 10.6 Å². The molecule has 0 saturated carbocycles. The van der Waals surface area contributed by atoms with Crippen LogP contribution in [0.15, 0.2) is 48.5 Å². The van der Waals surface area contributed by atoms with E-state index < -0.39 is 24.2 Å². The Hall–Kier alpha value is -3.46. The Morgan fingerprint density at radius 1 is 1.03 bits per heavy atom. The van der Waals surface area contributed by atoms with Crippen LogP contribution in [0.5, 0.6) is 0 Å². The van der Waals surface area contributed by atoms with Crippen LogP contribution in [0.2, 0.25) is 0 Å². The molecule has 0 aliphatic rings. The lowest BCUT2D eigenvalue weighted by Crippen LogP contribution is -2.47. The molecule has 8 nitrogen and oxygen atoms in total. The number of hydrogen-bond donors (Lipinski definition) is 4. The van der Waals surface area contributed by atoms with Crippen LogP contribution in [0.25, 0.3) is 0 Å². The minimum atomic E-state index is -1.47. The maximum atomic E-state index is 12.9. The van der Waals surface area contributed by atoms with Gasteiger partial charge in [-0.2, -0.15) is 0 Å². The summed E-state index contributed by atoms with van der Waals surface area (Å²) in [6, 6.07) is 10.7. The number of halogens is 1. The lowest BCUT2D eigenvalue weighted by Gasteiger charge is -2.16. The SMILES string of the molecule is CC(O)[C@H](NC(=O)OCc1ccc(NC(=O)Cc2ccc(F)cc2)cc1)C(=O)O. The standard InChI is InChI=1S/C20H21FN2O6/c1-12(24)18(19(26)27)23-20(28)29-11-14-4-8-16(9-5-14)22-17(25)10-13-2-6-15(21)7-3-13/h2-9,12,18,24H,10-11H2,1H3,(H,22,25)(H,23,28)(H,26,27)/t12?,18-/m0/s1. The number of carbonyl (C=O) groups excluding carboxylic acids is 2. The van der Waals surface area contributed by atoms with E-state index in [1.807, 2.05) is 0 Å². The average molecular weight is 404 g/mol. The highest BCUT2D eigenvalue weighted by atomic mass is 19.1. The fourth-order valence-electron chi connectivity index (χ4n) is 2.38. The second-order valence-electron chi connectivity index (χ2n) is 6.33. The minimum Gasteiger partial charge on any atom is -0.480 e. The molecule has 2 amide bonds. The Morgan fingerprint density at radius 2 is 1.62 bits per heavy atom. The van der Waals surface area contributed by atoms with Gasteiger partial charge in [0.25, 0.3) is 0 Å². The van der Waals surface area contributed by atoms with Crippen LogP contribution in [-0.4, -0.2) is 40.3 Å². The number of amides is 2. The molecular formula is C20H21FN2O6. The number of rotatable bonds is 8. The highest BCUT2D eigenvalue weighted by molar-refractivity contribution is 5.92. The van der Waals surface area contributed by atoms with Crippen LogP contribution < -0.4 is 10.6 Å². The number of carboxylic acids is 1. The van der Waals surface area contributed by atoms with Crippen molar-refractivity contribution in [1.29, 1.82) is 0 Å². The van der Waals surface area contributed by atoms with Crippen LogP contribution in [0, 0.1) is 5.82 Å². The van der Waals surface area contributed by atoms with E-state index in [1.165, 1.54) is 31.2 Å². The molecule has 0 saturated heterocycles. The Balaban J connectivity index is 1.82. The second kappa shape index (κ2) is 10.2. The van der Waals surface area contributed by atoms with Gasteiger partial charge in [-0.25, -0.2) is 14.0 Å². The average Bonchev–Trinajstić information content (AvgIpc) is 2.67. The quantitative estimate of drug-likeness (QED) is 0.534. The molecule has 9 heteroatoms. The maximum absolute atomic E-state index is 12.9. The molecule has 2 atom stereocenters. The van der Waals surface area contributed by atoms with Crippen molar-refractivity contribution in [2.24, 2.45) is 0 Å². The molecule has 0 aliphatic carbocycles. The van der Waals surface area contributed by atoms with Crippen molar-refractivity contribution < 1.29 is 33.7 Å². The summed E-state index contributed by atoms with van der Waals surface area (Å²) in [5.74, 6) is -2.01. The van der Waals surface area contributed by atoms with E-state index in [9.17, 15) is 23.9 Å². The number of benzene rings is 2. The van der Waals surface area contributed by atoms with Crippen LogP contribution in [0.3, 0.4) is 0 Å². The molecular weight excluding hydrogens is 383 g/mol. The molecule has 2 aromatic rings. The van der Waals surface area contributed by atoms with E-state index in [0.29, 0.717) is 16.8 Å². The molecule has 2 rings (SSSR count). The topological polar surface area (TPSA) is 125 Å². The number of carbonyl (C=O) groups is 3. The third-order valence-electron chi connectivity index (χ3n) is 3.91. The van der Waals surface area contributed by atoms with Crippen LogP contribution in [-0.2, 0) is 27.4 Å². The molecule has 0 aromatic heterocycles. The summed E-state index contributed by atoms with van der Waals surface area (Å²) >= 11 is 0. The van der Waals surface area contributed by atoms with E-state index in [4.69, 9.17) is 9.84 Å². The first-order valence-electron chi connectivity index (χ1n) is 8.72. The van der Waals surface area contributed by atoms with E-state index in [0.717, 1.165) is 0 Å². The Kier molecular flexibility index (Phi) is 7.67. The number of aliphatic hydroxyl groups is 1. The van der Waals surface area contributed by atoms with Crippen LogP contribution >= 0.6 is 0 Å². The lowest BCUT2D eigenvalue weighted by molar-refractivity contribution is -0.142. The maximum Gasteiger partial charge on any atom is 0.408 e. The van der Waals surface area contributed by atoms with Gasteiger partial charge in [0.15, 0.2) is 6.04 Å². The van der Waals surface area contributed by atoms with Crippen molar-refractivity contribution in [2.45, 2.75) is 32.1 Å². The predicted octanol–water partition coefficient (Wildman–Crippen LogP) is 2.07. The van der Waals surface area contributed by atoms with Crippen LogP contribution in [0.4, 0.5) is 14.9 Å². The Morgan fingerprint density at radius 3 is 2.17 bits per heavy atom. The third-order valence-corrected chi connectivity index (χ3v) is 3.91. The summed E-state index contributed by atoms with van der Waals surface area (Å²) in [6.07, 6.45) is -2.16. The van der Waals surface area contributed by atoms with Gasteiger partial charge in [-0.15, -0.1) is 0 Å². The van der Waals surface area contributed by atoms with Gasteiger partial charge in [-0.1, -0.05) is 24.3 Å². The van der Waals surface area contributed by atoms with E-state index >= 15 is 0 Å². The van der Waals surface area contributed by atoms with Crippen molar-refractivity contribution in [3.63, 3.8) is 0 Å². The second-order valence-corrected chi connectivity index (χ2v) is 6.33. The van der Waals surface area contributed by atoms with Crippen molar-refractivity contribution in [2.75, 3.05) is 5.32 Å². The zero-order valence-corrected chi connectivity index (χ0v) is 15.6. The van der Waals surface area contributed by atoms with Gasteiger partial charge < -0.3 is 25.6 Å². The van der Waals surface area contributed by atoms with Crippen LogP contribution in [0.1, 0.15) is 18.1 Å². The van der Waals surface area contributed by atoms with Crippen molar-refractivity contribution in [3.05, 3.63) is 65.5 Å². The largest absolute Gasteiger partial charge is 0.480 e.